The van der Waals surface area contributed by atoms with Crippen LogP contribution in [0, 0.1) is 11.3 Å². The molecule has 1 amide bonds. The fourth-order valence-electron chi connectivity index (χ4n) is 2.11. The molecule has 0 aliphatic carbocycles. The first-order valence-corrected chi connectivity index (χ1v) is 6.46. The van der Waals surface area contributed by atoms with Crippen molar-refractivity contribution < 1.29 is 14.3 Å². The highest BCUT2D eigenvalue weighted by molar-refractivity contribution is 6.19. The molecular weight excluding hydrogens is 282 g/mol. The van der Waals surface area contributed by atoms with Crippen LogP contribution in [-0.4, -0.2) is 43.6 Å². The third-order valence-electron chi connectivity index (χ3n) is 3.10. The van der Waals surface area contributed by atoms with Crippen LogP contribution in [0.15, 0.2) is 12.1 Å². The normalized spacial score (nSPS) is 17.0. The number of hydrogen-bond acceptors (Lipinski definition) is 5. The van der Waals surface area contributed by atoms with Gasteiger partial charge < -0.3 is 19.7 Å². The van der Waals surface area contributed by atoms with Crippen molar-refractivity contribution in [1.82, 2.24) is 4.90 Å². The molecule has 0 spiro atoms. The van der Waals surface area contributed by atoms with Crippen molar-refractivity contribution in [1.29, 1.82) is 5.26 Å². The molecule has 20 heavy (non-hydrogen) atoms. The van der Waals surface area contributed by atoms with E-state index in [-0.39, 0.29) is 18.3 Å². The Morgan fingerprint density at radius 2 is 2.05 bits per heavy atom. The first kappa shape index (κ1) is 14.3. The lowest BCUT2D eigenvalue weighted by Crippen LogP contribution is -2.50. The minimum absolute atomic E-state index is 0.0307. The molecule has 0 saturated heterocycles. The standard InChI is InChI=1S/C13H14ClN3O3/c1-19-10-5-8-9(6-11(10)20-2)16-12(7-14)17(4-3-15)13(8)18/h5-6,12,16H,4,7H2,1-2H3/t12-/m1/s1. The number of nitrogens with one attached hydrogen (secondary N) is 1. The van der Waals surface area contributed by atoms with Crippen LogP contribution in [0.2, 0.25) is 0 Å². The van der Waals surface area contributed by atoms with E-state index in [0.717, 1.165) is 0 Å². The maximum absolute atomic E-state index is 12.4. The number of amides is 1. The van der Waals surface area contributed by atoms with E-state index in [1.807, 2.05) is 6.07 Å². The number of halogens is 1. The lowest BCUT2D eigenvalue weighted by Gasteiger charge is -2.35. The fraction of sp³-hybridized carbons (Fsp3) is 0.385. The Hall–Kier alpha value is -2.13. The number of carbonyl (C=O) groups is 1. The van der Waals surface area contributed by atoms with Gasteiger partial charge in [0.05, 0.1) is 37.4 Å². The second kappa shape index (κ2) is 5.88. The molecule has 1 aliphatic rings. The van der Waals surface area contributed by atoms with Crippen molar-refractivity contribution >= 4 is 23.2 Å². The van der Waals surface area contributed by atoms with Gasteiger partial charge in [0.15, 0.2) is 11.5 Å². The second-order valence-corrected chi connectivity index (χ2v) is 4.47. The van der Waals surface area contributed by atoms with Crippen LogP contribution in [0.4, 0.5) is 5.69 Å². The highest BCUT2D eigenvalue weighted by Gasteiger charge is 2.32. The number of benzene rings is 1. The third kappa shape index (κ3) is 2.32. The van der Waals surface area contributed by atoms with Crippen LogP contribution in [-0.2, 0) is 0 Å². The Balaban J connectivity index is 2.49. The molecular formula is C13H14ClN3O3. The van der Waals surface area contributed by atoms with E-state index < -0.39 is 6.17 Å². The number of rotatable bonds is 4. The minimum atomic E-state index is -0.422. The Morgan fingerprint density at radius 3 is 2.60 bits per heavy atom. The van der Waals surface area contributed by atoms with Crippen molar-refractivity contribution in [3.05, 3.63) is 17.7 Å². The molecule has 0 bridgehead atoms. The largest absolute Gasteiger partial charge is 0.493 e. The van der Waals surface area contributed by atoms with Gasteiger partial charge in [-0.25, -0.2) is 0 Å². The number of ether oxygens (including phenoxy) is 2. The predicted molar refractivity (Wildman–Crippen MR) is 74.3 cm³/mol. The average molecular weight is 296 g/mol. The van der Waals surface area contributed by atoms with Gasteiger partial charge in [-0.3, -0.25) is 4.79 Å². The monoisotopic (exact) mass is 295 g/mol. The number of nitriles is 1. The maximum Gasteiger partial charge on any atom is 0.258 e. The molecule has 0 saturated carbocycles. The van der Waals surface area contributed by atoms with Gasteiger partial charge in [0.25, 0.3) is 5.91 Å². The molecule has 2 rings (SSSR count). The number of alkyl halides is 1. The molecule has 0 radical (unpaired) electrons. The van der Waals surface area contributed by atoms with E-state index in [1.54, 1.807) is 12.1 Å². The van der Waals surface area contributed by atoms with E-state index in [9.17, 15) is 4.79 Å². The molecule has 1 aliphatic heterocycles. The molecule has 0 fully saturated rings. The first-order chi connectivity index (χ1) is 9.65. The van der Waals surface area contributed by atoms with Crippen molar-refractivity contribution in [2.45, 2.75) is 6.17 Å². The highest BCUT2D eigenvalue weighted by Crippen LogP contribution is 2.36. The number of carbonyl (C=O) groups excluding carboxylic acids is 1. The fourth-order valence-corrected chi connectivity index (χ4v) is 2.35. The average Bonchev–Trinajstić information content (AvgIpc) is 2.48. The van der Waals surface area contributed by atoms with Gasteiger partial charge in [-0.1, -0.05) is 0 Å². The van der Waals surface area contributed by atoms with Crippen LogP contribution in [0.3, 0.4) is 0 Å². The second-order valence-electron chi connectivity index (χ2n) is 4.16. The zero-order valence-corrected chi connectivity index (χ0v) is 11.9. The molecule has 0 unspecified atom stereocenters. The Labute approximate surface area is 121 Å². The number of methoxy groups -OCH3 is 2. The first-order valence-electron chi connectivity index (χ1n) is 5.92. The van der Waals surface area contributed by atoms with Crippen LogP contribution < -0.4 is 14.8 Å². The van der Waals surface area contributed by atoms with E-state index in [1.165, 1.54) is 19.1 Å². The van der Waals surface area contributed by atoms with E-state index in [2.05, 4.69) is 5.32 Å². The number of anilines is 1. The summed E-state index contributed by atoms with van der Waals surface area (Å²) in [5, 5.41) is 11.9. The molecule has 0 aromatic heterocycles. The van der Waals surface area contributed by atoms with Crippen LogP contribution in [0.5, 0.6) is 11.5 Å². The zero-order chi connectivity index (χ0) is 14.7. The topological polar surface area (TPSA) is 74.6 Å². The summed E-state index contributed by atoms with van der Waals surface area (Å²) < 4.78 is 10.4. The summed E-state index contributed by atoms with van der Waals surface area (Å²) in [4.78, 5) is 13.8. The Bertz CT molecular complexity index is 571. The zero-order valence-electron chi connectivity index (χ0n) is 11.1. The Kier molecular flexibility index (Phi) is 4.20. The number of fused-ring (bicyclic) bond motifs is 1. The van der Waals surface area contributed by atoms with Gasteiger partial charge in [-0.05, 0) is 6.07 Å². The van der Waals surface area contributed by atoms with E-state index in [0.29, 0.717) is 22.7 Å². The van der Waals surface area contributed by atoms with Crippen molar-refractivity contribution in [2.24, 2.45) is 0 Å². The maximum atomic E-state index is 12.4. The lowest BCUT2D eigenvalue weighted by molar-refractivity contribution is 0.0725. The highest BCUT2D eigenvalue weighted by atomic mass is 35.5. The van der Waals surface area contributed by atoms with Gasteiger partial charge >= 0.3 is 0 Å². The van der Waals surface area contributed by atoms with Gasteiger partial charge in [0.2, 0.25) is 0 Å². The molecule has 6 nitrogen and oxygen atoms in total. The molecule has 1 aromatic carbocycles. The van der Waals surface area contributed by atoms with Gasteiger partial charge in [0.1, 0.15) is 12.7 Å². The minimum Gasteiger partial charge on any atom is -0.493 e. The predicted octanol–water partition coefficient (Wildman–Crippen LogP) is 1.66. The van der Waals surface area contributed by atoms with Gasteiger partial charge in [-0.2, -0.15) is 5.26 Å². The molecule has 1 N–H and O–H groups in total. The quantitative estimate of drug-likeness (QED) is 0.675. The Morgan fingerprint density at radius 1 is 1.40 bits per heavy atom. The third-order valence-corrected chi connectivity index (χ3v) is 3.39. The van der Waals surface area contributed by atoms with E-state index in [4.69, 9.17) is 26.3 Å². The van der Waals surface area contributed by atoms with Crippen molar-refractivity contribution in [2.75, 3.05) is 32.0 Å². The summed E-state index contributed by atoms with van der Waals surface area (Å²) in [5.41, 5.74) is 1.05. The number of hydrogen-bond donors (Lipinski definition) is 1. The number of nitrogens with zero attached hydrogens (tertiary/aromatic N) is 2. The molecule has 7 heteroatoms. The smallest absolute Gasteiger partial charge is 0.258 e. The summed E-state index contributed by atoms with van der Waals surface area (Å²) in [6.07, 6.45) is -0.422. The molecule has 106 valence electrons. The van der Waals surface area contributed by atoms with Crippen molar-refractivity contribution in [3.63, 3.8) is 0 Å². The molecule has 1 aromatic rings. The van der Waals surface area contributed by atoms with Crippen molar-refractivity contribution in [3.8, 4) is 17.6 Å². The van der Waals surface area contributed by atoms with Gasteiger partial charge in [-0.15, -0.1) is 11.6 Å². The molecule has 1 heterocycles. The summed E-state index contributed by atoms with van der Waals surface area (Å²) in [5.74, 6) is 0.907. The van der Waals surface area contributed by atoms with E-state index >= 15 is 0 Å². The lowest BCUT2D eigenvalue weighted by atomic mass is 10.1. The molecule has 1 atom stereocenters. The summed E-state index contributed by atoms with van der Waals surface area (Å²) in [6.45, 7) is -0.0307. The summed E-state index contributed by atoms with van der Waals surface area (Å²) in [7, 11) is 3.02. The van der Waals surface area contributed by atoms with Crippen LogP contribution in [0.25, 0.3) is 0 Å². The summed E-state index contributed by atoms with van der Waals surface area (Å²) >= 11 is 5.85. The van der Waals surface area contributed by atoms with Gasteiger partial charge in [0, 0.05) is 6.07 Å². The van der Waals surface area contributed by atoms with Crippen LogP contribution in [0.1, 0.15) is 10.4 Å². The van der Waals surface area contributed by atoms with Crippen LogP contribution >= 0.6 is 11.6 Å². The SMILES string of the molecule is COc1cc2c(cc1OC)C(=O)N(CC#N)[C@H](CCl)N2. The summed E-state index contributed by atoms with van der Waals surface area (Å²) in [6, 6.07) is 5.25.